The van der Waals surface area contributed by atoms with E-state index >= 15 is 0 Å². The van der Waals surface area contributed by atoms with E-state index in [1.54, 1.807) is 6.20 Å². The van der Waals surface area contributed by atoms with E-state index in [0.717, 1.165) is 24.4 Å². The van der Waals surface area contributed by atoms with Crippen LogP contribution in [0.4, 0.5) is 0 Å². The van der Waals surface area contributed by atoms with E-state index in [2.05, 4.69) is 10.7 Å². The largest absolute Gasteiger partial charge is 0.369 e. The molecule has 1 heterocycles. The van der Waals surface area contributed by atoms with Crippen LogP contribution in [0.15, 0.2) is 12.0 Å². The number of hydrazine groups is 1. The molecule has 2 aliphatic rings. The molecule has 1 unspecified atom stereocenters. The Kier molecular flexibility index (Phi) is 7.10. The zero-order chi connectivity index (χ0) is 20.0. The Morgan fingerprint density at radius 2 is 1.96 bits per heavy atom. The lowest BCUT2D eigenvalue weighted by Crippen LogP contribution is -2.37. The van der Waals surface area contributed by atoms with Crippen LogP contribution in [0.2, 0.25) is 0 Å². The molecule has 2 rings (SSSR count). The molecule has 0 spiro atoms. The first-order valence-corrected chi connectivity index (χ1v) is 9.73. The van der Waals surface area contributed by atoms with E-state index in [1.165, 1.54) is 0 Å². The Hall–Kier alpha value is -2.25. The minimum absolute atomic E-state index is 0.0177. The van der Waals surface area contributed by atoms with Crippen molar-refractivity contribution in [3.63, 3.8) is 0 Å². The Bertz CT molecular complexity index is 597. The van der Waals surface area contributed by atoms with Crippen molar-refractivity contribution >= 4 is 17.7 Å². The van der Waals surface area contributed by atoms with Crippen molar-refractivity contribution in [3.8, 4) is 0 Å². The number of hydroxylamine groups is 1. The Labute approximate surface area is 160 Å². The summed E-state index contributed by atoms with van der Waals surface area (Å²) < 4.78 is 0. The summed E-state index contributed by atoms with van der Waals surface area (Å²) in [6.45, 7) is 6.54. The van der Waals surface area contributed by atoms with Gasteiger partial charge in [-0.2, -0.15) is 0 Å². The molecule has 0 aromatic heterocycles. The second-order valence-corrected chi connectivity index (χ2v) is 8.38. The fourth-order valence-corrected chi connectivity index (χ4v) is 3.29. The standard InChI is InChI=1S/C19H32N4O4/c1-19(2,3)15-12-22-23(27-15)16(24)9-4-5-10-21-18(26)14-8-6-7-13(11-14)17(20)25/h12-14,22H,4-11H2,1-3H3,(H2,20,25)(H,21,26)/t13-,14?/m0/s1. The summed E-state index contributed by atoms with van der Waals surface area (Å²) in [5, 5.41) is 4.07. The average molecular weight is 380 g/mol. The summed E-state index contributed by atoms with van der Waals surface area (Å²) in [5.41, 5.74) is 8.01. The molecule has 3 amide bonds. The highest BCUT2D eigenvalue weighted by molar-refractivity contribution is 5.81. The first-order valence-electron chi connectivity index (χ1n) is 9.73. The predicted molar refractivity (Wildman–Crippen MR) is 100 cm³/mol. The molecule has 8 nitrogen and oxygen atoms in total. The third-order valence-electron chi connectivity index (χ3n) is 5.03. The fraction of sp³-hybridized carbons (Fsp3) is 0.737. The highest BCUT2D eigenvalue weighted by Crippen LogP contribution is 2.29. The number of nitrogens with two attached hydrogens (primary N) is 1. The summed E-state index contributed by atoms with van der Waals surface area (Å²) in [4.78, 5) is 41.2. The topological polar surface area (TPSA) is 114 Å². The van der Waals surface area contributed by atoms with Gasteiger partial charge in [-0.15, -0.1) is 0 Å². The van der Waals surface area contributed by atoms with Crippen molar-refractivity contribution in [3.05, 3.63) is 12.0 Å². The molecule has 0 aromatic carbocycles. The second-order valence-electron chi connectivity index (χ2n) is 8.38. The minimum atomic E-state index is -0.312. The minimum Gasteiger partial charge on any atom is -0.369 e. The summed E-state index contributed by atoms with van der Waals surface area (Å²) in [5.74, 6) is -0.0874. The Morgan fingerprint density at radius 3 is 2.59 bits per heavy atom. The smallest absolute Gasteiger partial charge is 0.278 e. The number of nitrogens with zero attached hydrogens (tertiary/aromatic N) is 1. The van der Waals surface area contributed by atoms with E-state index in [4.69, 9.17) is 10.6 Å². The van der Waals surface area contributed by atoms with Crippen molar-refractivity contribution in [1.82, 2.24) is 15.9 Å². The van der Waals surface area contributed by atoms with E-state index in [-0.39, 0.29) is 35.0 Å². The molecule has 0 bridgehead atoms. The lowest BCUT2D eigenvalue weighted by molar-refractivity contribution is -0.179. The first kappa shape index (κ1) is 21.1. The van der Waals surface area contributed by atoms with Gasteiger partial charge in [0.25, 0.3) is 5.91 Å². The van der Waals surface area contributed by atoms with Gasteiger partial charge in [0.2, 0.25) is 11.8 Å². The number of carbonyl (C=O) groups is 3. The molecule has 1 fully saturated rings. The summed E-state index contributed by atoms with van der Waals surface area (Å²) in [7, 11) is 0. The van der Waals surface area contributed by atoms with Gasteiger partial charge < -0.3 is 15.9 Å². The maximum absolute atomic E-state index is 12.2. The van der Waals surface area contributed by atoms with Gasteiger partial charge in [-0.3, -0.25) is 19.8 Å². The molecule has 152 valence electrons. The quantitative estimate of drug-likeness (QED) is 0.582. The van der Waals surface area contributed by atoms with E-state index in [0.29, 0.717) is 38.0 Å². The van der Waals surface area contributed by atoms with Crippen LogP contribution in [0.1, 0.15) is 65.7 Å². The van der Waals surface area contributed by atoms with Crippen molar-refractivity contribution in [2.24, 2.45) is 23.0 Å². The number of hydrogen-bond donors (Lipinski definition) is 3. The van der Waals surface area contributed by atoms with Crippen LogP contribution in [0.25, 0.3) is 0 Å². The molecular formula is C19H32N4O4. The van der Waals surface area contributed by atoms with Gasteiger partial charge in [0.1, 0.15) is 0 Å². The maximum atomic E-state index is 12.2. The van der Waals surface area contributed by atoms with Crippen LogP contribution < -0.4 is 16.5 Å². The number of unbranched alkanes of at least 4 members (excludes halogenated alkanes) is 1. The van der Waals surface area contributed by atoms with E-state index in [1.807, 2.05) is 20.8 Å². The highest BCUT2D eigenvalue weighted by atomic mass is 16.7. The summed E-state index contributed by atoms with van der Waals surface area (Å²) >= 11 is 0. The average Bonchev–Trinajstić information content (AvgIpc) is 3.12. The zero-order valence-corrected chi connectivity index (χ0v) is 16.5. The van der Waals surface area contributed by atoms with Gasteiger partial charge in [0.05, 0.1) is 6.20 Å². The van der Waals surface area contributed by atoms with Crippen LogP contribution in [-0.4, -0.2) is 29.4 Å². The van der Waals surface area contributed by atoms with Crippen LogP contribution in [0, 0.1) is 17.3 Å². The van der Waals surface area contributed by atoms with Crippen molar-refractivity contribution in [1.29, 1.82) is 0 Å². The molecule has 0 radical (unpaired) electrons. The maximum Gasteiger partial charge on any atom is 0.278 e. The van der Waals surface area contributed by atoms with Gasteiger partial charge in [0, 0.05) is 30.2 Å². The van der Waals surface area contributed by atoms with E-state index < -0.39 is 0 Å². The molecule has 0 aromatic rings. The van der Waals surface area contributed by atoms with Gasteiger partial charge in [-0.05, 0) is 32.1 Å². The lowest BCUT2D eigenvalue weighted by atomic mass is 9.80. The molecule has 1 aliphatic carbocycles. The number of amides is 3. The van der Waals surface area contributed by atoms with Gasteiger partial charge in [-0.1, -0.05) is 32.4 Å². The van der Waals surface area contributed by atoms with Crippen molar-refractivity contribution < 1.29 is 19.2 Å². The SMILES string of the molecule is CC(C)(C)C1=CNN(C(=O)CCCCNC(=O)C2CCC[C@H](C(N)=O)C2)O1. The molecule has 27 heavy (non-hydrogen) atoms. The van der Waals surface area contributed by atoms with Crippen molar-refractivity contribution in [2.75, 3.05) is 6.54 Å². The van der Waals surface area contributed by atoms with E-state index in [9.17, 15) is 14.4 Å². The van der Waals surface area contributed by atoms with Crippen LogP contribution in [0.3, 0.4) is 0 Å². The third kappa shape index (κ3) is 6.15. The van der Waals surface area contributed by atoms with Crippen LogP contribution in [-0.2, 0) is 19.2 Å². The first-order chi connectivity index (χ1) is 12.7. The monoisotopic (exact) mass is 380 g/mol. The molecule has 1 aliphatic heterocycles. The van der Waals surface area contributed by atoms with Crippen LogP contribution in [0.5, 0.6) is 0 Å². The lowest BCUT2D eigenvalue weighted by Gasteiger charge is -2.26. The van der Waals surface area contributed by atoms with Crippen molar-refractivity contribution in [2.45, 2.75) is 65.7 Å². The number of carbonyl (C=O) groups excluding carboxylic acids is 3. The molecule has 0 saturated heterocycles. The molecule has 8 heteroatoms. The highest BCUT2D eigenvalue weighted by Gasteiger charge is 2.30. The zero-order valence-electron chi connectivity index (χ0n) is 16.5. The number of primary amides is 1. The summed E-state index contributed by atoms with van der Waals surface area (Å²) in [6, 6.07) is 0. The van der Waals surface area contributed by atoms with Gasteiger partial charge in [-0.25, -0.2) is 0 Å². The number of allylic oxidation sites excluding steroid dienone is 1. The number of rotatable bonds is 7. The second kappa shape index (κ2) is 9.10. The number of hydrogen-bond acceptors (Lipinski definition) is 5. The van der Waals surface area contributed by atoms with Crippen LogP contribution >= 0.6 is 0 Å². The van der Waals surface area contributed by atoms with Gasteiger partial charge >= 0.3 is 0 Å². The third-order valence-corrected chi connectivity index (χ3v) is 5.03. The molecule has 4 N–H and O–H groups in total. The molecular weight excluding hydrogens is 348 g/mol. The Balaban J connectivity index is 1.60. The molecule has 2 atom stereocenters. The Morgan fingerprint density at radius 1 is 1.26 bits per heavy atom. The van der Waals surface area contributed by atoms with Gasteiger partial charge in [0.15, 0.2) is 5.76 Å². The predicted octanol–water partition coefficient (Wildman–Crippen LogP) is 1.73. The number of nitrogens with one attached hydrogen (secondary N) is 2. The normalized spacial score (nSPS) is 22.5. The summed E-state index contributed by atoms with van der Waals surface area (Å²) in [6.07, 6.45) is 6.36. The fourth-order valence-electron chi connectivity index (χ4n) is 3.29. The molecule has 1 saturated carbocycles.